The molecule has 0 radical (unpaired) electrons. The number of sulfonamides is 1. The van der Waals surface area contributed by atoms with Crippen LogP contribution in [-0.2, 0) is 16.6 Å². The van der Waals surface area contributed by atoms with E-state index in [1.807, 2.05) is 0 Å². The third kappa shape index (κ3) is 3.79. The van der Waals surface area contributed by atoms with Gasteiger partial charge >= 0.3 is 0 Å². The van der Waals surface area contributed by atoms with E-state index in [2.05, 4.69) is 37.4 Å². The van der Waals surface area contributed by atoms with Crippen molar-refractivity contribution in [2.75, 3.05) is 12.4 Å². The number of hydrogen-bond donors (Lipinski definition) is 2. The molecule has 1 heterocycles. The number of halogens is 1. The van der Waals surface area contributed by atoms with E-state index in [0.29, 0.717) is 6.54 Å². The van der Waals surface area contributed by atoms with Crippen LogP contribution in [0.2, 0.25) is 0 Å². The van der Waals surface area contributed by atoms with E-state index in [9.17, 15) is 8.42 Å². The largest absolute Gasteiger partial charge is 0.381 e. The normalized spacial score (nSPS) is 11.5. The molecule has 2 N–H and O–H groups in total. The first-order valence-corrected chi connectivity index (χ1v) is 8.67. The molecule has 19 heavy (non-hydrogen) atoms. The molecule has 0 spiro atoms. The van der Waals surface area contributed by atoms with Crippen molar-refractivity contribution in [2.45, 2.75) is 11.4 Å². The fourth-order valence-corrected chi connectivity index (χ4v) is 3.45. The van der Waals surface area contributed by atoms with Crippen LogP contribution in [0, 0.1) is 0 Å². The Kier molecular flexibility index (Phi) is 4.62. The quantitative estimate of drug-likeness (QED) is 0.861. The lowest BCUT2D eigenvalue weighted by atomic mass is 10.3. The summed E-state index contributed by atoms with van der Waals surface area (Å²) in [7, 11) is -1.96. The Morgan fingerprint density at radius 2 is 1.95 bits per heavy atom. The van der Waals surface area contributed by atoms with Crippen LogP contribution in [0.4, 0.5) is 5.69 Å². The Morgan fingerprint density at radius 1 is 1.26 bits per heavy atom. The van der Waals surface area contributed by atoms with Crippen molar-refractivity contribution in [2.24, 2.45) is 0 Å². The first-order valence-electron chi connectivity index (χ1n) is 5.51. The molecular formula is C12H13BrN2O2S2. The van der Waals surface area contributed by atoms with Crippen LogP contribution in [0.5, 0.6) is 0 Å². The van der Waals surface area contributed by atoms with Crippen LogP contribution < -0.4 is 10.0 Å². The third-order valence-corrected chi connectivity index (χ3v) is 5.54. The van der Waals surface area contributed by atoms with E-state index in [4.69, 9.17) is 0 Å². The zero-order valence-electron chi connectivity index (χ0n) is 10.2. The summed E-state index contributed by atoms with van der Waals surface area (Å²) in [6.07, 6.45) is 0. The van der Waals surface area contributed by atoms with E-state index < -0.39 is 10.0 Å². The summed E-state index contributed by atoms with van der Waals surface area (Å²) in [5, 5.41) is 5.31. The Bertz CT molecular complexity index is 651. The molecule has 0 atom stereocenters. The summed E-state index contributed by atoms with van der Waals surface area (Å²) < 4.78 is 26.5. The maximum Gasteiger partial charge on any atom is 0.240 e. The fraction of sp³-hybridized carbons (Fsp3) is 0.167. The fourth-order valence-electron chi connectivity index (χ4n) is 1.51. The molecule has 1 aromatic carbocycles. The van der Waals surface area contributed by atoms with Crippen molar-refractivity contribution >= 4 is 43.0 Å². The molecule has 4 nitrogen and oxygen atoms in total. The highest BCUT2D eigenvalue weighted by Crippen LogP contribution is 2.21. The van der Waals surface area contributed by atoms with Crippen LogP contribution in [-0.4, -0.2) is 15.5 Å². The zero-order chi connectivity index (χ0) is 13.9. The summed E-state index contributed by atoms with van der Waals surface area (Å²) >= 11 is 5.05. The van der Waals surface area contributed by atoms with Crippen LogP contribution in [0.3, 0.4) is 0 Å². The molecule has 2 rings (SSSR count). The molecule has 0 unspecified atom stereocenters. The minimum atomic E-state index is -3.36. The van der Waals surface area contributed by atoms with Gasteiger partial charge in [-0.25, -0.2) is 13.1 Å². The summed E-state index contributed by atoms with van der Waals surface area (Å²) in [4.78, 5) is 0.263. The van der Waals surface area contributed by atoms with Gasteiger partial charge in [-0.05, 0) is 64.3 Å². The number of rotatable bonds is 5. The van der Waals surface area contributed by atoms with Gasteiger partial charge in [0.15, 0.2) is 0 Å². The van der Waals surface area contributed by atoms with Crippen molar-refractivity contribution in [3.8, 4) is 0 Å². The van der Waals surface area contributed by atoms with Gasteiger partial charge in [-0.15, -0.1) is 11.3 Å². The highest BCUT2D eigenvalue weighted by molar-refractivity contribution is 9.11. The highest BCUT2D eigenvalue weighted by atomic mass is 79.9. The van der Waals surface area contributed by atoms with E-state index in [1.54, 1.807) is 35.6 Å². The van der Waals surface area contributed by atoms with Crippen LogP contribution in [0.15, 0.2) is 44.4 Å². The molecule has 0 aliphatic carbocycles. The maximum atomic E-state index is 11.6. The molecule has 0 aliphatic heterocycles. The Balaban J connectivity index is 2.03. The lowest BCUT2D eigenvalue weighted by Gasteiger charge is -2.06. The van der Waals surface area contributed by atoms with Gasteiger partial charge in [0.05, 0.1) is 8.68 Å². The zero-order valence-corrected chi connectivity index (χ0v) is 13.4. The molecule has 102 valence electrons. The van der Waals surface area contributed by atoms with Crippen molar-refractivity contribution in [3.63, 3.8) is 0 Å². The lowest BCUT2D eigenvalue weighted by Crippen LogP contribution is -2.18. The third-order valence-electron chi connectivity index (χ3n) is 2.55. The summed E-state index contributed by atoms with van der Waals surface area (Å²) in [5.74, 6) is 0. The molecule has 0 saturated carbocycles. The van der Waals surface area contributed by atoms with Crippen molar-refractivity contribution < 1.29 is 8.42 Å². The predicted octanol–water partition coefficient (Wildman–Crippen LogP) is 3.03. The van der Waals surface area contributed by atoms with E-state index in [-0.39, 0.29) is 4.90 Å². The first-order chi connectivity index (χ1) is 9.01. The second-order valence-corrected chi connectivity index (χ2v) is 8.02. The number of nitrogens with one attached hydrogen (secondary N) is 2. The summed E-state index contributed by atoms with van der Waals surface area (Å²) in [6.45, 7) is 0.709. The highest BCUT2D eigenvalue weighted by Gasteiger charge is 2.10. The van der Waals surface area contributed by atoms with Crippen molar-refractivity contribution in [3.05, 3.63) is 45.1 Å². The van der Waals surface area contributed by atoms with Gasteiger partial charge in [-0.3, -0.25) is 0 Å². The molecule has 0 amide bonds. The SMILES string of the molecule is CNS(=O)(=O)c1ccc(NCc2csc(Br)c2)cc1. The molecule has 0 fully saturated rings. The molecule has 7 heteroatoms. The van der Waals surface area contributed by atoms with Crippen LogP contribution in [0.25, 0.3) is 0 Å². The Hall–Kier alpha value is -0.890. The minimum Gasteiger partial charge on any atom is -0.381 e. The van der Waals surface area contributed by atoms with Crippen molar-refractivity contribution in [1.29, 1.82) is 0 Å². The summed E-state index contributed by atoms with van der Waals surface area (Å²) in [6, 6.07) is 8.73. The molecule has 1 aromatic heterocycles. The number of benzene rings is 1. The van der Waals surface area contributed by atoms with Gasteiger partial charge in [0.1, 0.15) is 0 Å². The molecule has 0 bridgehead atoms. The van der Waals surface area contributed by atoms with Crippen LogP contribution >= 0.6 is 27.3 Å². The Labute approximate surface area is 125 Å². The maximum absolute atomic E-state index is 11.6. The van der Waals surface area contributed by atoms with Gasteiger partial charge in [0, 0.05) is 12.2 Å². The smallest absolute Gasteiger partial charge is 0.240 e. The molecule has 2 aromatic rings. The Morgan fingerprint density at radius 3 is 2.47 bits per heavy atom. The van der Waals surface area contributed by atoms with Gasteiger partial charge in [0.25, 0.3) is 0 Å². The van der Waals surface area contributed by atoms with Gasteiger partial charge < -0.3 is 5.32 Å². The molecule has 0 saturated heterocycles. The topological polar surface area (TPSA) is 58.2 Å². The second kappa shape index (κ2) is 6.04. The number of hydrogen-bond acceptors (Lipinski definition) is 4. The van der Waals surface area contributed by atoms with Gasteiger partial charge in [0.2, 0.25) is 10.0 Å². The number of anilines is 1. The first kappa shape index (κ1) is 14.5. The number of thiophene rings is 1. The lowest BCUT2D eigenvalue weighted by molar-refractivity contribution is 0.588. The average Bonchev–Trinajstić information content (AvgIpc) is 2.83. The molecule has 0 aliphatic rings. The van der Waals surface area contributed by atoms with Crippen LogP contribution in [0.1, 0.15) is 5.56 Å². The second-order valence-electron chi connectivity index (χ2n) is 3.84. The predicted molar refractivity (Wildman–Crippen MR) is 82.0 cm³/mol. The van der Waals surface area contributed by atoms with E-state index in [1.165, 1.54) is 12.6 Å². The van der Waals surface area contributed by atoms with Gasteiger partial charge in [-0.1, -0.05) is 0 Å². The monoisotopic (exact) mass is 360 g/mol. The van der Waals surface area contributed by atoms with Crippen molar-refractivity contribution in [1.82, 2.24) is 4.72 Å². The minimum absolute atomic E-state index is 0.263. The van der Waals surface area contributed by atoms with E-state index >= 15 is 0 Å². The standard InChI is InChI=1S/C12H13BrN2O2S2/c1-14-19(16,17)11-4-2-10(3-5-11)15-7-9-6-12(13)18-8-9/h2-6,8,14-15H,7H2,1H3. The van der Waals surface area contributed by atoms with Gasteiger partial charge in [-0.2, -0.15) is 0 Å². The summed E-state index contributed by atoms with van der Waals surface area (Å²) in [5.41, 5.74) is 2.07. The van der Waals surface area contributed by atoms with E-state index in [0.717, 1.165) is 9.47 Å². The average molecular weight is 361 g/mol. The molecular weight excluding hydrogens is 348 g/mol.